The monoisotopic (exact) mass is 569 g/mol. The standard InChI is InChI=1S/C32H35N5O5/c1-21-30(39)35-28(14-22-8-4-3-5-9-22)31(40)34-19-29(38)37-13-7-11-26(37)20-42-27-12-6-10-23(16-27)24-15-25(18-33-17-24)32(41)36(21)2/h3-6,8-10,12,15-18,21,26,28H,7,11,13-14,19-20H2,1-2H3,(H,34,40)(H,35,39)/t21-,26+,28+/m1/s1. The summed E-state index contributed by atoms with van der Waals surface area (Å²) in [7, 11) is 1.54. The number of carbonyl (C=O) groups excluding carboxylic acids is 4. The Morgan fingerprint density at radius 2 is 1.71 bits per heavy atom. The maximum atomic E-state index is 13.4. The summed E-state index contributed by atoms with van der Waals surface area (Å²) in [5.74, 6) is -0.917. The van der Waals surface area contributed by atoms with Crippen LogP contribution in [0, 0.1) is 0 Å². The molecule has 3 atom stereocenters. The van der Waals surface area contributed by atoms with E-state index in [4.69, 9.17) is 4.74 Å². The van der Waals surface area contributed by atoms with Crippen LogP contribution in [-0.4, -0.2) is 83.3 Å². The molecule has 2 aromatic carbocycles. The van der Waals surface area contributed by atoms with Crippen molar-refractivity contribution in [1.82, 2.24) is 25.4 Å². The van der Waals surface area contributed by atoms with Crippen LogP contribution >= 0.6 is 0 Å². The molecule has 1 fully saturated rings. The minimum Gasteiger partial charge on any atom is -0.491 e. The molecule has 2 N–H and O–H groups in total. The highest BCUT2D eigenvalue weighted by Gasteiger charge is 2.32. The maximum Gasteiger partial charge on any atom is 0.255 e. The zero-order valence-electron chi connectivity index (χ0n) is 23.8. The van der Waals surface area contributed by atoms with Gasteiger partial charge >= 0.3 is 0 Å². The number of pyridine rings is 1. The van der Waals surface area contributed by atoms with Crippen molar-refractivity contribution >= 4 is 23.6 Å². The minimum atomic E-state index is -0.947. The van der Waals surface area contributed by atoms with Crippen molar-refractivity contribution in [2.24, 2.45) is 0 Å². The van der Waals surface area contributed by atoms with Crippen molar-refractivity contribution in [3.8, 4) is 16.9 Å². The van der Waals surface area contributed by atoms with Gasteiger partial charge in [0.1, 0.15) is 24.4 Å². The molecule has 0 radical (unpaired) electrons. The molecule has 1 aromatic heterocycles. The number of nitrogens with zero attached hydrogens (tertiary/aromatic N) is 3. The molecule has 0 aliphatic carbocycles. The van der Waals surface area contributed by atoms with Crippen molar-refractivity contribution in [2.75, 3.05) is 26.7 Å². The first-order valence-electron chi connectivity index (χ1n) is 14.2. The lowest BCUT2D eigenvalue weighted by atomic mass is 10.0. The number of likely N-dealkylation sites (N-methyl/N-ethyl adjacent to an activating group) is 1. The summed E-state index contributed by atoms with van der Waals surface area (Å²) in [6, 6.07) is 16.6. The van der Waals surface area contributed by atoms with E-state index in [1.165, 1.54) is 18.1 Å². The predicted octanol–water partition coefficient (Wildman–Crippen LogP) is 2.44. The van der Waals surface area contributed by atoms with Crippen LogP contribution in [0.25, 0.3) is 11.1 Å². The Labute approximate surface area is 245 Å². The molecule has 5 rings (SSSR count). The zero-order chi connectivity index (χ0) is 29.6. The van der Waals surface area contributed by atoms with Gasteiger partial charge in [-0.1, -0.05) is 42.5 Å². The SMILES string of the molecule is C[C@@H]1C(=O)N[C@@H](Cc2ccccc2)C(=O)NCC(=O)N2CCC[C@H]2COc2cccc(c2)-c2cncc(c2)C(=O)N1C. The average molecular weight is 570 g/mol. The molecule has 3 aromatic rings. The zero-order valence-corrected chi connectivity index (χ0v) is 23.8. The third-order valence-electron chi connectivity index (χ3n) is 7.90. The van der Waals surface area contributed by atoms with Crippen LogP contribution in [-0.2, 0) is 20.8 Å². The molecule has 0 spiro atoms. The summed E-state index contributed by atoms with van der Waals surface area (Å²) in [6.07, 6.45) is 5.00. The third-order valence-corrected chi connectivity index (χ3v) is 7.90. The third kappa shape index (κ3) is 6.59. The Morgan fingerprint density at radius 3 is 2.52 bits per heavy atom. The smallest absolute Gasteiger partial charge is 0.255 e. The van der Waals surface area contributed by atoms with E-state index in [-0.39, 0.29) is 30.8 Å². The fourth-order valence-corrected chi connectivity index (χ4v) is 5.30. The first-order chi connectivity index (χ1) is 20.3. The summed E-state index contributed by atoms with van der Waals surface area (Å²) in [4.78, 5) is 60.6. The van der Waals surface area contributed by atoms with E-state index >= 15 is 0 Å². The minimum absolute atomic E-state index is 0.123. The molecule has 4 amide bonds. The Morgan fingerprint density at radius 1 is 0.929 bits per heavy atom. The molecule has 2 aliphatic heterocycles. The van der Waals surface area contributed by atoms with Gasteiger partial charge in [0.15, 0.2) is 0 Å². The highest BCUT2D eigenvalue weighted by atomic mass is 16.5. The molecular weight excluding hydrogens is 534 g/mol. The van der Waals surface area contributed by atoms with E-state index < -0.39 is 23.9 Å². The van der Waals surface area contributed by atoms with E-state index in [1.54, 1.807) is 24.1 Å². The highest BCUT2D eigenvalue weighted by Crippen LogP contribution is 2.26. The van der Waals surface area contributed by atoms with Crippen LogP contribution in [0.3, 0.4) is 0 Å². The molecule has 4 bridgehead atoms. The first kappa shape index (κ1) is 28.8. The van der Waals surface area contributed by atoms with Gasteiger partial charge in [0, 0.05) is 38.0 Å². The van der Waals surface area contributed by atoms with Gasteiger partial charge in [0.25, 0.3) is 5.91 Å². The molecule has 10 heteroatoms. The molecule has 1 saturated heterocycles. The number of hydrogen-bond donors (Lipinski definition) is 2. The molecule has 42 heavy (non-hydrogen) atoms. The van der Waals surface area contributed by atoms with Gasteiger partial charge < -0.3 is 25.2 Å². The number of hydrogen-bond acceptors (Lipinski definition) is 6. The van der Waals surface area contributed by atoms with Gasteiger partial charge in [0.2, 0.25) is 17.7 Å². The van der Waals surface area contributed by atoms with Crippen molar-refractivity contribution in [3.63, 3.8) is 0 Å². The quantitative estimate of drug-likeness (QED) is 0.489. The second-order valence-corrected chi connectivity index (χ2v) is 10.7. The van der Waals surface area contributed by atoms with Gasteiger partial charge in [-0.15, -0.1) is 0 Å². The lowest BCUT2D eigenvalue weighted by Gasteiger charge is -2.28. The van der Waals surface area contributed by atoms with Gasteiger partial charge in [0.05, 0.1) is 18.2 Å². The number of fused-ring (bicyclic) bond motifs is 6. The largest absolute Gasteiger partial charge is 0.491 e. The van der Waals surface area contributed by atoms with E-state index in [0.717, 1.165) is 29.5 Å². The van der Waals surface area contributed by atoms with Crippen molar-refractivity contribution in [1.29, 1.82) is 0 Å². The average Bonchev–Trinajstić information content (AvgIpc) is 3.50. The van der Waals surface area contributed by atoms with Gasteiger partial charge in [-0.2, -0.15) is 0 Å². The predicted molar refractivity (Wildman–Crippen MR) is 157 cm³/mol. The fourth-order valence-electron chi connectivity index (χ4n) is 5.30. The summed E-state index contributed by atoms with van der Waals surface area (Å²) in [5, 5.41) is 5.53. The molecule has 10 nitrogen and oxygen atoms in total. The Bertz CT molecular complexity index is 1460. The highest BCUT2D eigenvalue weighted by molar-refractivity contribution is 5.99. The van der Waals surface area contributed by atoms with Crippen LogP contribution < -0.4 is 15.4 Å². The van der Waals surface area contributed by atoms with Crippen molar-refractivity contribution in [3.05, 3.63) is 84.2 Å². The number of carbonyl (C=O) groups is 4. The van der Waals surface area contributed by atoms with Crippen molar-refractivity contribution < 1.29 is 23.9 Å². The number of aromatic nitrogens is 1. The Balaban J connectivity index is 1.46. The first-order valence-corrected chi connectivity index (χ1v) is 14.2. The van der Waals surface area contributed by atoms with Gasteiger partial charge in [-0.25, -0.2) is 0 Å². The van der Waals surface area contributed by atoms with Crippen molar-refractivity contribution in [2.45, 2.75) is 44.3 Å². The summed E-state index contributed by atoms with van der Waals surface area (Å²) in [5.41, 5.74) is 2.72. The van der Waals surface area contributed by atoms with E-state index in [1.807, 2.05) is 54.6 Å². The molecule has 0 unspecified atom stereocenters. The van der Waals surface area contributed by atoms with E-state index in [0.29, 0.717) is 24.5 Å². The van der Waals surface area contributed by atoms with E-state index in [2.05, 4.69) is 15.6 Å². The molecular formula is C32H35N5O5. The van der Waals surface area contributed by atoms with Gasteiger partial charge in [-0.05, 0) is 49.1 Å². The lowest BCUT2D eigenvalue weighted by molar-refractivity contribution is -0.135. The number of nitrogens with one attached hydrogen (secondary N) is 2. The number of amides is 4. The molecule has 0 saturated carbocycles. The number of ether oxygens (including phenoxy) is 1. The second kappa shape index (κ2) is 12.8. The Hall–Kier alpha value is -4.73. The maximum absolute atomic E-state index is 13.4. The topological polar surface area (TPSA) is 121 Å². The van der Waals surface area contributed by atoms with Crippen LogP contribution in [0.1, 0.15) is 35.7 Å². The van der Waals surface area contributed by atoms with Crippen LogP contribution in [0.15, 0.2) is 73.1 Å². The number of rotatable bonds is 2. The summed E-state index contributed by atoms with van der Waals surface area (Å²) in [6.45, 7) is 2.31. The normalized spacial score (nSPS) is 22.1. The van der Waals surface area contributed by atoms with E-state index in [9.17, 15) is 19.2 Å². The lowest BCUT2D eigenvalue weighted by Crippen LogP contribution is -2.55. The molecule has 218 valence electrons. The Kier molecular flexibility index (Phi) is 8.80. The van der Waals surface area contributed by atoms with Crippen LogP contribution in [0.2, 0.25) is 0 Å². The molecule has 3 heterocycles. The van der Waals surface area contributed by atoms with Gasteiger partial charge in [-0.3, -0.25) is 24.2 Å². The number of benzene rings is 2. The molecule has 2 aliphatic rings. The van der Waals surface area contributed by atoms with Crippen LogP contribution in [0.5, 0.6) is 5.75 Å². The summed E-state index contributed by atoms with van der Waals surface area (Å²) < 4.78 is 6.11. The second-order valence-electron chi connectivity index (χ2n) is 10.7. The van der Waals surface area contributed by atoms with Crippen LogP contribution in [0.4, 0.5) is 0 Å². The summed E-state index contributed by atoms with van der Waals surface area (Å²) >= 11 is 0. The fraction of sp³-hybridized carbons (Fsp3) is 0.344.